The first-order valence-corrected chi connectivity index (χ1v) is 5.11. The van der Waals surface area contributed by atoms with E-state index in [-0.39, 0.29) is 0 Å². The minimum atomic E-state index is 1.07. The zero-order valence-electron chi connectivity index (χ0n) is 7.66. The largest absolute Gasteiger partial charge is 0.247 e. The average molecular weight is 179 g/mol. The lowest BCUT2D eigenvalue weighted by Crippen LogP contribution is -1.81. The Hall–Kier alpha value is -0.760. The number of aliphatic imine (C=N–C) groups is 1. The summed E-state index contributed by atoms with van der Waals surface area (Å²) in [7, 11) is 0. The standard InChI is InChI=1S/C10H13NS/c1-8-6-4-5-7-10(8)11-9(2)12-3/h4-7H,1-3H3. The van der Waals surface area contributed by atoms with Gasteiger partial charge >= 0.3 is 0 Å². The number of benzene rings is 1. The van der Waals surface area contributed by atoms with Gasteiger partial charge in [-0.1, -0.05) is 18.2 Å². The summed E-state index contributed by atoms with van der Waals surface area (Å²) in [6, 6.07) is 8.16. The van der Waals surface area contributed by atoms with Crippen molar-refractivity contribution in [1.82, 2.24) is 0 Å². The van der Waals surface area contributed by atoms with Gasteiger partial charge in [0.2, 0.25) is 0 Å². The van der Waals surface area contributed by atoms with Crippen molar-refractivity contribution in [2.75, 3.05) is 6.26 Å². The lowest BCUT2D eigenvalue weighted by molar-refractivity contribution is 1.40. The summed E-state index contributed by atoms with van der Waals surface area (Å²) in [6.45, 7) is 4.10. The number of hydrogen-bond donors (Lipinski definition) is 0. The molecule has 12 heavy (non-hydrogen) atoms. The van der Waals surface area contributed by atoms with Crippen LogP contribution in [0.2, 0.25) is 0 Å². The van der Waals surface area contributed by atoms with E-state index in [2.05, 4.69) is 18.0 Å². The highest BCUT2D eigenvalue weighted by Crippen LogP contribution is 2.18. The average Bonchev–Trinajstić information content (AvgIpc) is 2.09. The van der Waals surface area contributed by atoms with Crippen LogP contribution in [-0.4, -0.2) is 11.3 Å². The second-order valence-corrected chi connectivity index (χ2v) is 3.62. The summed E-state index contributed by atoms with van der Waals surface area (Å²) in [4.78, 5) is 4.46. The molecule has 0 heterocycles. The van der Waals surface area contributed by atoms with E-state index >= 15 is 0 Å². The van der Waals surface area contributed by atoms with Gasteiger partial charge in [0.25, 0.3) is 0 Å². The zero-order valence-corrected chi connectivity index (χ0v) is 8.48. The SMILES string of the molecule is CSC(C)=Nc1ccccc1C. The summed E-state index contributed by atoms with van der Waals surface area (Å²) >= 11 is 1.68. The molecule has 0 bridgehead atoms. The van der Waals surface area contributed by atoms with Gasteiger partial charge < -0.3 is 0 Å². The van der Waals surface area contributed by atoms with E-state index < -0.39 is 0 Å². The minimum Gasteiger partial charge on any atom is -0.247 e. The second kappa shape index (κ2) is 4.31. The van der Waals surface area contributed by atoms with Gasteiger partial charge in [-0.05, 0) is 31.7 Å². The first-order chi connectivity index (χ1) is 5.74. The number of aryl methyl sites for hydroxylation is 1. The molecule has 0 saturated carbocycles. The van der Waals surface area contributed by atoms with Gasteiger partial charge in [0, 0.05) is 0 Å². The topological polar surface area (TPSA) is 12.4 Å². The van der Waals surface area contributed by atoms with Crippen molar-refractivity contribution in [3.63, 3.8) is 0 Å². The Labute approximate surface area is 77.9 Å². The van der Waals surface area contributed by atoms with Crippen molar-refractivity contribution in [1.29, 1.82) is 0 Å². The Kier molecular flexibility index (Phi) is 3.35. The fourth-order valence-electron chi connectivity index (χ4n) is 0.904. The Morgan fingerprint density at radius 1 is 1.33 bits per heavy atom. The van der Waals surface area contributed by atoms with Gasteiger partial charge in [-0.25, -0.2) is 4.99 Å². The highest BCUT2D eigenvalue weighted by atomic mass is 32.2. The Bertz CT molecular complexity index is 292. The van der Waals surface area contributed by atoms with Crippen LogP contribution in [-0.2, 0) is 0 Å². The molecule has 2 heteroatoms. The van der Waals surface area contributed by atoms with Crippen LogP contribution in [0, 0.1) is 6.92 Å². The van der Waals surface area contributed by atoms with Gasteiger partial charge in [0.15, 0.2) is 0 Å². The molecule has 1 rings (SSSR count). The molecule has 0 aromatic heterocycles. The molecule has 0 unspecified atom stereocenters. The van der Waals surface area contributed by atoms with E-state index in [9.17, 15) is 0 Å². The third kappa shape index (κ3) is 2.38. The van der Waals surface area contributed by atoms with Crippen molar-refractivity contribution < 1.29 is 0 Å². The van der Waals surface area contributed by atoms with Gasteiger partial charge in [-0.15, -0.1) is 11.8 Å². The number of hydrogen-bond acceptors (Lipinski definition) is 2. The van der Waals surface area contributed by atoms with Crippen molar-refractivity contribution in [3.8, 4) is 0 Å². The first kappa shape index (κ1) is 9.33. The molecule has 0 saturated heterocycles. The maximum Gasteiger partial charge on any atom is 0.0705 e. The van der Waals surface area contributed by atoms with Crippen LogP contribution in [0.4, 0.5) is 5.69 Å². The highest BCUT2D eigenvalue weighted by Gasteiger charge is 1.93. The van der Waals surface area contributed by atoms with Crippen LogP contribution in [0.5, 0.6) is 0 Å². The Morgan fingerprint density at radius 2 is 2.00 bits per heavy atom. The molecule has 0 fully saturated rings. The number of rotatable bonds is 1. The van der Waals surface area contributed by atoms with Crippen LogP contribution in [0.25, 0.3) is 0 Å². The molecule has 64 valence electrons. The third-order valence-corrected chi connectivity index (χ3v) is 2.37. The van der Waals surface area contributed by atoms with Crippen molar-refractivity contribution in [3.05, 3.63) is 29.8 Å². The van der Waals surface area contributed by atoms with Crippen LogP contribution in [0.15, 0.2) is 29.3 Å². The zero-order chi connectivity index (χ0) is 8.97. The van der Waals surface area contributed by atoms with Crippen molar-refractivity contribution in [2.24, 2.45) is 4.99 Å². The molecule has 1 aromatic rings. The van der Waals surface area contributed by atoms with E-state index in [0.717, 1.165) is 10.7 Å². The van der Waals surface area contributed by atoms with Gasteiger partial charge in [-0.3, -0.25) is 0 Å². The fraction of sp³-hybridized carbons (Fsp3) is 0.300. The van der Waals surface area contributed by atoms with Crippen LogP contribution in [0.3, 0.4) is 0 Å². The van der Waals surface area contributed by atoms with Gasteiger partial charge in [0.05, 0.1) is 10.7 Å². The minimum absolute atomic E-state index is 1.07. The monoisotopic (exact) mass is 179 g/mol. The van der Waals surface area contributed by atoms with E-state index in [1.807, 2.05) is 31.4 Å². The van der Waals surface area contributed by atoms with Crippen molar-refractivity contribution in [2.45, 2.75) is 13.8 Å². The molecule has 0 atom stereocenters. The Balaban J connectivity index is 2.96. The van der Waals surface area contributed by atoms with Crippen LogP contribution in [0.1, 0.15) is 12.5 Å². The molecule has 0 aliphatic rings. The lowest BCUT2D eigenvalue weighted by atomic mass is 10.2. The number of nitrogens with zero attached hydrogens (tertiary/aromatic N) is 1. The second-order valence-electron chi connectivity index (χ2n) is 2.62. The highest BCUT2D eigenvalue weighted by molar-refractivity contribution is 8.13. The molecule has 0 amide bonds. The summed E-state index contributed by atoms with van der Waals surface area (Å²) in [5.74, 6) is 0. The van der Waals surface area contributed by atoms with E-state index in [1.165, 1.54) is 5.56 Å². The summed E-state index contributed by atoms with van der Waals surface area (Å²) in [6.07, 6.45) is 2.04. The molecular weight excluding hydrogens is 166 g/mol. The predicted molar refractivity (Wildman–Crippen MR) is 57.5 cm³/mol. The third-order valence-electron chi connectivity index (χ3n) is 1.69. The normalized spacial score (nSPS) is 11.8. The summed E-state index contributed by atoms with van der Waals surface area (Å²) < 4.78 is 0. The molecule has 0 N–H and O–H groups in total. The quantitative estimate of drug-likeness (QED) is 0.475. The van der Waals surface area contributed by atoms with Gasteiger partial charge in [0.1, 0.15) is 0 Å². The Morgan fingerprint density at radius 3 is 2.58 bits per heavy atom. The molecule has 0 spiro atoms. The molecule has 0 aliphatic heterocycles. The molecule has 0 aliphatic carbocycles. The smallest absolute Gasteiger partial charge is 0.0705 e. The van der Waals surface area contributed by atoms with E-state index in [0.29, 0.717) is 0 Å². The molecular formula is C10H13NS. The van der Waals surface area contributed by atoms with Crippen LogP contribution < -0.4 is 0 Å². The van der Waals surface area contributed by atoms with E-state index in [1.54, 1.807) is 11.8 Å². The molecule has 0 radical (unpaired) electrons. The van der Waals surface area contributed by atoms with Gasteiger partial charge in [-0.2, -0.15) is 0 Å². The number of thioether (sulfide) groups is 1. The molecule has 1 nitrogen and oxygen atoms in total. The van der Waals surface area contributed by atoms with Crippen LogP contribution >= 0.6 is 11.8 Å². The fourth-order valence-corrected chi connectivity index (χ4v) is 1.09. The lowest BCUT2D eigenvalue weighted by Gasteiger charge is -1.99. The summed E-state index contributed by atoms with van der Waals surface area (Å²) in [5.41, 5.74) is 2.30. The predicted octanol–water partition coefficient (Wildman–Crippen LogP) is 3.41. The number of para-hydroxylation sites is 1. The van der Waals surface area contributed by atoms with E-state index in [4.69, 9.17) is 0 Å². The molecule has 1 aromatic carbocycles. The maximum atomic E-state index is 4.46. The summed E-state index contributed by atoms with van der Waals surface area (Å²) in [5, 5.41) is 1.10. The first-order valence-electron chi connectivity index (χ1n) is 3.89. The maximum absolute atomic E-state index is 4.46. The van der Waals surface area contributed by atoms with Crippen molar-refractivity contribution >= 4 is 22.5 Å².